The monoisotopic (exact) mass is 409 g/mol. The van der Waals surface area contributed by atoms with Crippen LogP contribution in [0, 0.1) is 6.92 Å². The summed E-state index contributed by atoms with van der Waals surface area (Å²) in [5, 5.41) is 3.12. The minimum Gasteiger partial charge on any atom is -0.497 e. The fraction of sp³-hybridized carbons (Fsp3) is 0.500. The molecular formula is C24H31N3O3. The SMILES string of the molecule is COc1cc(CN2CCC(c3nc(C)ccc3C(=O)NC3CC3)CC2)cc(OC)c1. The number of ether oxygens (including phenoxy) is 2. The molecule has 1 saturated heterocycles. The van der Waals surface area contributed by atoms with Crippen LogP contribution in [-0.2, 0) is 6.54 Å². The van der Waals surface area contributed by atoms with Crippen molar-refractivity contribution in [1.29, 1.82) is 0 Å². The van der Waals surface area contributed by atoms with Gasteiger partial charge < -0.3 is 14.8 Å². The number of aromatic nitrogens is 1. The zero-order valence-electron chi connectivity index (χ0n) is 18.1. The number of nitrogens with one attached hydrogen (secondary N) is 1. The molecule has 0 atom stereocenters. The molecule has 4 rings (SSSR count). The van der Waals surface area contributed by atoms with Gasteiger partial charge in [0, 0.05) is 30.3 Å². The van der Waals surface area contributed by atoms with Gasteiger partial charge in [-0.25, -0.2) is 0 Å². The van der Waals surface area contributed by atoms with Crippen LogP contribution in [0.1, 0.15) is 58.9 Å². The Morgan fingerprint density at radius 1 is 1.07 bits per heavy atom. The first-order valence-corrected chi connectivity index (χ1v) is 10.8. The first-order chi connectivity index (χ1) is 14.6. The Morgan fingerprint density at radius 3 is 2.33 bits per heavy atom. The number of carbonyl (C=O) groups excluding carboxylic acids is 1. The normalized spacial score (nSPS) is 17.6. The molecule has 1 saturated carbocycles. The number of pyridine rings is 1. The van der Waals surface area contributed by atoms with Crippen LogP contribution >= 0.6 is 0 Å². The molecule has 0 unspecified atom stereocenters. The Labute approximate surface area is 178 Å². The third-order valence-corrected chi connectivity index (χ3v) is 6.01. The third kappa shape index (κ3) is 4.93. The van der Waals surface area contributed by atoms with Gasteiger partial charge in [0.05, 0.1) is 25.5 Å². The zero-order chi connectivity index (χ0) is 21.1. The number of nitrogens with zero attached hydrogens (tertiary/aromatic N) is 2. The number of rotatable bonds is 7. The number of hydrogen-bond donors (Lipinski definition) is 1. The van der Waals surface area contributed by atoms with E-state index in [2.05, 4.69) is 22.3 Å². The molecule has 2 aromatic rings. The first kappa shape index (κ1) is 20.7. The van der Waals surface area contributed by atoms with Crippen molar-refractivity contribution in [1.82, 2.24) is 15.2 Å². The topological polar surface area (TPSA) is 63.7 Å². The Bertz CT molecular complexity index is 880. The molecule has 1 amide bonds. The molecule has 1 N–H and O–H groups in total. The van der Waals surface area contributed by atoms with E-state index in [0.29, 0.717) is 12.0 Å². The van der Waals surface area contributed by atoms with Crippen molar-refractivity contribution in [3.63, 3.8) is 0 Å². The average molecular weight is 410 g/mol. The van der Waals surface area contributed by atoms with Crippen molar-refractivity contribution in [2.75, 3.05) is 27.3 Å². The second kappa shape index (κ2) is 9.04. The summed E-state index contributed by atoms with van der Waals surface area (Å²) in [5.74, 6) is 1.98. The molecule has 0 spiro atoms. The number of hydrogen-bond acceptors (Lipinski definition) is 5. The summed E-state index contributed by atoms with van der Waals surface area (Å²) in [4.78, 5) is 19.9. The lowest BCUT2D eigenvalue weighted by atomic mass is 9.89. The van der Waals surface area contributed by atoms with Crippen molar-refractivity contribution < 1.29 is 14.3 Å². The number of aryl methyl sites for hydroxylation is 1. The van der Waals surface area contributed by atoms with Gasteiger partial charge in [0.2, 0.25) is 0 Å². The highest BCUT2D eigenvalue weighted by Crippen LogP contribution is 2.31. The highest BCUT2D eigenvalue weighted by atomic mass is 16.5. The highest BCUT2D eigenvalue weighted by Gasteiger charge is 2.29. The van der Waals surface area contributed by atoms with Crippen molar-refractivity contribution >= 4 is 5.91 Å². The number of methoxy groups -OCH3 is 2. The maximum atomic E-state index is 12.7. The number of carbonyl (C=O) groups is 1. The van der Waals surface area contributed by atoms with E-state index >= 15 is 0 Å². The summed E-state index contributed by atoms with van der Waals surface area (Å²) in [6, 6.07) is 10.3. The van der Waals surface area contributed by atoms with E-state index in [9.17, 15) is 4.79 Å². The molecule has 160 valence electrons. The predicted molar refractivity (Wildman–Crippen MR) is 116 cm³/mol. The van der Waals surface area contributed by atoms with Crippen molar-refractivity contribution in [3.8, 4) is 11.5 Å². The summed E-state index contributed by atoms with van der Waals surface area (Å²) < 4.78 is 10.8. The lowest BCUT2D eigenvalue weighted by molar-refractivity contribution is 0.0948. The van der Waals surface area contributed by atoms with E-state index < -0.39 is 0 Å². The molecule has 1 aromatic carbocycles. The summed E-state index contributed by atoms with van der Waals surface area (Å²) in [7, 11) is 3.35. The number of benzene rings is 1. The summed E-state index contributed by atoms with van der Waals surface area (Å²) in [5.41, 5.74) is 3.88. The molecule has 1 aromatic heterocycles. The average Bonchev–Trinajstić information content (AvgIpc) is 3.57. The summed E-state index contributed by atoms with van der Waals surface area (Å²) in [6.07, 6.45) is 4.18. The standard InChI is InChI=1S/C24H31N3O3/c1-16-4-7-22(24(28)26-19-5-6-19)23(25-16)18-8-10-27(11-9-18)15-17-12-20(29-2)14-21(13-17)30-3/h4,7,12-14,18-19H,5-6,8-11,15H2,1-3H3,(H,26,28). The van der Waals surface area contributed by atoms with Crippen LogP contribution in [0.2, 0.25) is 0 Å². The van der Waals surface area contributed by atoms with Gasteiger partial charge in [-0.2, -0.15) is 0 Å². The maximum absolute atomic E-state index is 12.7. The Hall–Kier alpha value is -2.60. The van der Waals surface area contributed by atoms with Gasteiger partial charge in [0.15, 0.2) is 0 Å². The molecule has 6 heteroatoms. The molecule has 30 heavy (non-hydrogen) atoms. The highest BCUT2D eigenvalue weighted by molar-refractivity contribution is 5.95. The van der Waals surface area contributed by atoms with Gasteiger partial charge in [0.25, 0.3) is 5.91 Å². The van der Waals surface area contributed by atoms with E-state index in [-0.39, 0.29) is 5.91 Å². The fourth-order valence-corrected chi connectivity index (χ4v) is 4.15. The molecule has 2 heterocycles. The zero-order valence-corrected chi connectivity index (χ0v) is 18.1. The van der Waals surface area contributed by atoms with Crippen LogP contribution in [0.15, 0.2) is 30.3 Å². The van der Waals surface area contributed by atoms with Crippen molar-refractivity contribution in [2.45, 2.75) is 51.1 Å². The minimum atomic E-state index is 0.0332. The number of likely N-dealkylation sites (tertiary alicyclic amines) is 1. The van der Waals surface area contributed by atoms with Gasteiger partial charge in [-0.3, -0.25) is 14.7 Å². The smallest absolute Gasteiger partial charge is 0.253 e. The second-order valence-corrected chi connectivity index (χ2v) is 8.40. The van der Waals surface area contributed by atoms with Crippen molar-refractivity contribution in [2.24, 2.45) is 0 Å². The molecule has 6 nitrogen and oxygen atoms in total. The molecule has 1 aliphatic carbocycles. The van der Waals surface area contributed by atoms with E-state index in [1.807, 2.05) is 25.1 Å². The molecule has 0 bridgehead atoms. The maximum Gasteiger partial charge on any atom is 0.253 e. The van der Waals surface area contributed by atoms with Crippen LogP contribution in [0.25, 0.3) is 0 Å². The van der Waals surface area contributed by atoms with Gasteiger partial charge in [-0.1, -0.05) is 0 Å². The predicted octanol–water partition coefficient (Wildman–Crippen LogP) is 3.68. The Morgan fingerprint density at radius 2 is 1.73 bits per heavy atom. The van der Waals surface area contributed by atoms with Gasteiger partial charge in [-0.05, 0) is 75.5 Å². The van der Waals surface area contributed by atoms with Gasteiger partial charge in [0.1, 0.15) is 11.5 Å². The molecule has 2 aliphatic rings. The minimum absolute atomic E-state index is 0.0332. The number of amides is 1. The lowest BCUT2D eigenvalue weighted by Gasteiger charge is -2.32. The van der Waals surface area contributed by atoms with E-state index in [1.165, 1.54) is 5.56 Å². The third-order valence-electron chi connectivity index (χ3n) is 6.01. The first-order valence-electron chi connectivity index (χ1n) is 10.8. The van der Waals surface area contributed by atoms with Crippen LogP contribution in [0.4, 0.5) is 0 Å². The molecule has 1 aliphatic heterocycles. The fourth-order valence-electron chi connectivity index (χ4n) is 4.15. The quantitative estimate of drug-likeness (QED) is 0.756. The lowest BCUT2D eigenvalue weighted by Crippen LogP contribution is -2.34. The van der Waals surface area contributed by atoms with E-state index in [0.717, 1.165) is 73.8 Å². The van der Waals surface area contributed by atoms with Crippen LogP contribution in [0.3, 0.4) is 0 Å². The van der Waals surface area contributed by atoms with E-state index in [4.69, 9.17) is 14.5 Å². The molecule has 2 fully saturated rings. The largest absolute Gasteiger partial charge is 0.497 e. The van der Waals surface area contributed by atoms with Crippen LogP contribution in [-0.4, -0.2) is 49.1 Å². The second-order valence-electron chi connectivity index (χ2n) is 8.40. The van der Waals surface area contributed by atoms with E-state index in [1.54, 1.807) is 14.2 Å². The van der Waals surface area contributed by atoms with Crippen LogP contribution < -0.4 is 14.8 Å². The van der Waals surface area contributed by atoms with Crippen LogP contribution in [0.5, 0.6) is 11.5 Å². The Balaban J connectivity index is 1.42. The Kier molecular flexibility index (Phi) is 6.23. The van der Waals surface area contributed by atoms with Gasteiger partial charge >= 0.3 is 0 Å². The molecular weight excluding hydrogens is 378 g/mol. The summed E-state index contributed by atoms with van der Waals surface area (Å²) in [6.45, 7) is 4.81. The van der Waals surface area contributed by atoms with Crippen molar-refractivity contribution in [3.05, 3.63) is 52.8 Å². The summed E-state index contributed by atoms with van der Waals surface area (Å²) >= 11 is 0. The van der Waals surface area contributed by atoms with Gasteiger partial charge in [-0.15, -0.1) is 0 Å². The molecule has 0 radical (unpaired) electrons. The number of piperidine rings is 1.